The van der Waals surface area contributed by atoms with Gasteiger partial charge < -0.3 is 0 Å². The molecule has 0 spiro atoms. The van der Waals surface area contributed by atoms with Crippen molar-refractivity contribution in [1.29, 1.82) is 0 Å². The van der Waals surface area contributed by atoms with E-state index in [4.69, 9.17) is 0 Å². The Morgan fingerprint density at radius 2 is 1.27 bits per heavy atom. The van der Waals surface area contributed by atoms with Crippen LogP contribution >= 0.6 is 0 Å². The summed E-state index contributed by atoms with van der Waals surface area (Å²) in [6.07, 6.45) is 0. The van der Waals surface area contributed by atoms with Gasteiger partial charge in [0.1, 0.15) is 0 Å². The molecule has 0 amide bonds. The SMILES string of the molecule is C[CH2][Pb]([CH2]C)([CH2]C)[CH2]C(C)C. The Bertz CT molecular complexity index is 84.8. The quantitative estimate of drug-likeness (QED) is 0.653. The first-order chi connectivity index (χ1) is 5.10. The number of rotatable bonds is 5. The zero-order valence-corrected chi connectivity index (χ0v) is 12.8. The van der Waals surface area contributed by atoms with E-state index in [1.54, 1.807) is 15.9 Å². The fourth-order valence-electron chi connectivity index (χ4n) is 2.05. The van der Waals surface area contributed by atoms with E-state index >= 15 is 0 Å². The molecular weight excluding hydrogens is 327 g/mol. The third-order valence-corrected chi connectivity index (χ3v) is 27.1. The molecule has 0 aromatic heterocycles. The van der Waals surface area contributed by atoms with Crippen molar-refractivity contribution in [2.75, 3.05) is 0 Å². The van der Waals surface area contributed by atoms with Gasteiger partial charge in [0.15, 0.2) is 0 Å². The van der Waals surface area contributed by atoms with Gasteiger partial charge in [0.25, 0.3) is 0 Å². The van der Waals surface area contributed by atoms with Gasteiger partial charge in [-0.3, -0.25) is 0 Å². The Morgan fingerprint density at radius 1 is 0.909 bits per heavy atom. The summed E-state index contributed by atoms with van der Waals surface area (Å²) in [5.74, 6) is 0.955. The predicted molar refractivity (Wildman–Crippen MR) is 56.8 cm³/mol. The van der Waals surface area contributed by atoms with Crippen LogP contribution in [0.25, 0.3) is 0 Å². The fraction of sp³-hybridized carbons (Fsp3) is 1.00. The number of hydrogen-bond donors (Lipinski definition) is 0. The van der Waals surface area contributed by atoms with Gasteiger partial charge in [-0.1, -0.05) is 0 Å². The van der Waals surface area contributed by atoms with Crippen molar-refractivity contribution < 1.29 is 0 Å². The second-order valence-electron chi connectivity index (χ2n) is 4.16. The molecule has 0 bridgehead atoms. The molecule has 0 N–H and O–H groups in total. The van der Waals surface area contributed by atoms with Gasteiger partial charge in [-0.15, -0.1) is 0 Å². The average molecular weight is 352 g/mol. The Labute approximate surface area is 77.4 Å². The average Bonchev–Trinajstić information content (AvgIpc) is 2.00. The van der Waals surface area contributed by atoms with Crippen LogP contribution in [0.4, 0.5) is 0 Å². The summed E-state index contributed by atoms with van der Waals surface area (Å²) in [5, 5.41) is 0. The summed E-state index contributed by atoms with van der Waals surface area (Å²) in [6.45, 7) is 12.1. The van der Waals surface area contributed by atoms with Crippen LogP contribution in [0.1, 0.15) is 34.6 Å². The van der Waals surface area contributed by atoms with E-state index in [0.29, 0.717) is 0 Å². The molecule has 0 aromatic rings. The van der Waals surface area contributed by atoms with Gasteiger partial charge in [-0.25, -0.2) is 0 Å². The van der Waals surface area contributed by atoms with Crippen LogP contribution in [-0.4, -0.2) is 21.2 Å². The Kier molecular flexibility index (Phi) is 6.01. The van der Waals surface area contributed by atoms with Crippen molar-refractivity contribution in [3.63, 3.8) is 0 Å². The monoisotopic (exact) mass is 352 g/mol. The molecule has 0 aliphatic heterocycles. The van der Waals surface area contributed by atoms with E-state index in [9.17, 15) is 0 Å². The summed E-state index contributed by atoms with van der Waals surface area (Å²) >= 11 is -1.64. The molecule has 1 heteroatoms. The molecule has 0 fully saturated rings. The van der Waals surface area contributed by atoms with Crippen LogP contribution in [0.15, 0.2) is 0 Å². The first-order valence-electron chi connectivity index (χ1n) is 5.10. The zero-order valence-electron chi connectivity index (χ0n) is 8.91. The molecule has 0 radical (unpaired) electrons. The van der Waals surface area contributed by atoms with E-state index in [2.05, 4.69) is 34.6 Å². The van der Waals surface area contributed by atoms with Crippen molar-refractivity contribution in [1.82, 2.24) is 0 Å². The third kappa shape index (κ3) is 3.90. The summed E-state index contributed by atoms with van der Waals surface area (Å²) in [6, 6.07) is 0. The molecule has 0 aliphatic rings. The summed E-state index contributed by atoms with van der Waals surface area (Å²) in [5.41, 5.74) is 0. The topological polar surface area (TPSA) is 0 Å². The van der Waals surface area contributed by atoms with E-state index in [-0.39, 0.29) is 0 Å². The molecule has 0 atom stereocenters. The molecule has 11 heavy (non-hydrogen) atoms. The van der Waals surface area contributed by atoms with Gasteiger partial charge >= 0.3 is 77.6 Å². The van der Waals surface area contributed by atoms with Crippen molar-refractivity contribution in [2.45, 2.75) is 50.5 Å². The third-order valence-electron chi connectivity index (χ3n) is 3.09. The summed E-state index contributed by atoms with van der Waals surface area (Å²) < 4.78 is 6.32. The standard InChI is InChI=1S/C4H9.3C2H5.Pb/c1-4(2)3;3*1-2;/h4H,1H2,2-3H3;3*1H2,2H3;. The van der Waals surface area contributed by atoms with Gasteiger partial charge in [0.05, 0.1) is 0 Å². The van der Waals surface area contributed by atoms with Gasteiger partial charge in [0, 0.05) is 0 Å². The maximum atomic E-state index is 2.43. The molecule has 0 unspecified atom stereocenters. The maximum absolute atomic E-state index is 2.43. The molecule has 0 rings (SSSR count). The predicted octanol–water partition coefficient (Wildman–Crippen LogP) is 4.15. The fourth-order valence-corrected chi connectivity index (χ4v) is 18.0. The van der Waals surface area contributed by atoms with Crippen LogP contribution in [0.5, 0.6) is 0 Å². The Hall–Kier alpha value is 0.922. The van der Waals surface area contributed by atoms with Crippen LogP contribution in [0, 0.1) is 5.92 Å². The van der Waals surface area contributed by atoms with Crippen molar-refractivity contribution in [2.24, 2.45) is 5.92 Å². The van der Waals surface area contributed by atoms with Gasteiger partial charge in [-0.2, -0.15) is 0 Å². The second-order valence-corrected chi connectivity index (χ2v) is 25.7. The minimum atomic E-state index is -1.64. The first-order valence-corrected chi connectivity index (χ1v) is 16.1. The molecule has 0 nitrogen and oxygen atoms in total. The second kappa shape index (κ2) is 5.55. The molecule has 0 aromatic carbocycles. The van der Waals surface area contributed by atoms with Crippen molar-refractivity contribution >= 4 is 21.2 Å². The molecule has 0 saturated carbocycles. The molecular formula is C10H24Pb. The zero-order chi connectivity index (χ0) is 8.91. The van der Waals surface area contributed by atoms with Crippen molar-refractivity contribution in [3.8, 4) is 0 Å². The van der Waals surface area contributed by atoms with Gasteiger partial charge in [0.2, 0.25) is 0 Å². The van der Waals surface area contributed by atoms with Crippen LogP contribution < -0.4 is 0 Å². The first kappa shape index (κ1) is 11.9. The number of hydrogen-bond acceptors (Lipinski definition) is 0. The molecule has 68 valence electrons. The summed E-state index contributed by atoms with van der Waals surface area (Å²) in [4.78, 5) is 0. The van der Waals surface area contributed by atoms with Crippen LogP contribution in [0.3, 0.4) is 0 Å². The molecule has 0 saturated heterocycles. The van der Waals surface area contributed by atoms with Crippen LogP contribution in [0.2, 0.25) is 15.9 Å². The Balaban J connectivity index is 4.05. The normalized spacial score (nSPS) is 12.5. The molecule has 0 heterocycles. The van der Waals surface area contributed by atoms with Crippen LogP contribution in [-0.2, 0) is 0 Å². The van der Waals surface area contributed by atoms with E-state index in [1.807, 2.05) is 0 Å². The van der Waals surface area contributed by atoms with E-state index in [1.165, 1.54) is 0 Å². The van der Waals surface area contributed by atoms with Crippen molar-refractivity contribution in [3.05, 3.63) is 0 Å². The minimum absolute atomic E-state index is 0.955. The summed E-state index contributed by atoms with van der Waals surface area (Å²) in [7, 11) is 0. The molecule has 0 aliphatic carbocycles. The Morgan fingerprint density at radius 3 is 1.36 bits per heavy atom. The van der Waals surface area contributed by atoms with E-state index in [0.717, 1.165) is 5.92 Å². The van der Waals surface area contributed by atoms with E-state index < -0.39 is 21.2 Å². The van der Waals surface area contributed by atoms with Gasteiger partial charge in [-0.05, 0) is 0 Å².